The monoisotopic (exact) mass is 975 g/mol. The van der Waals surface area contributed by atoms with Gasteiger partial charge in [0.05, 0.1) is 37.1 Å². The summed E-state index contributed by atoms with van der Waals surface area (Å²) in [5.74, 6) is -0.880. The molecule has 0 saturated carbocycles. The molecule has 3 aromatic carbocycles. The van der Waals surface area contributed by atoms with E-state index in [1.807, 2.05) is 125 Å². The number of aliphatic hydroxyl groups is 1. The maximum absolute atomic E-state index is 12.5. The molecule has 2 unspecified atom stereocenters. The van der Waals surface area contributed by atoms with Gasteiger partial charge in [0.1, 0.15) is 11.6 Å². The standard InChI is InChI=1S/C23H36N2O4.C18H28N2O3.C14H18O4/c1-23(2,22(27)24-12-13-25(3)4)16-20(26)15-18-8-10-19(11-9-18)17-29-21-7-5-6-14-28-21;1-18(2,17(23)19-9-10-20(3)4)12-16(22)11-14-5-7-15(13-21)8-6-14;15-13(16)9-11-4-6-12(7-5-11)10-18-14-3-1-2-8-17-14/h8-11,21H,5-7,12-17H2,1-4H3,(H,24,27);5-8,21H,9-13H2,1-4H3,(H,19,23);4-7,14H,1-3,8-10H2,(H,15,16). The smallest absolute Gasteiger partial charge is 0.307 e. The van der Waals surface area contributed by atoms with Gasteiger partial charge >= 0.3 is 5.97 Å². The van der Waals surface area contributed by atoms with Crippen molar-refractivity contribution >= 4 is 29.4 Å². The highest BCUT2D eigenvalue weighted by Gasteiger charge is 2.31. The number of rotatable bonds is 25. The Kier molecular flexibility index (Phi) is 26.7. The van der Waals surface area contributed by atoms with Crippen molar-refractivity contribution in [1.29, 1.82) is 0 Å². The first-order chi connectivity index (χ1) is 33.2. The van der Waals surface area contributed by atoms with Crippen LogP contribution < -0.4 is 10.6 Å². The molecule has 70 heavy (non-hydrogen) atoms. The molecule has 15 heteroatoms. The highest BCUT2D eigenvalue weighted by molar-refractivity contribution is 5.91. The SMILES string of the molecule is CN(C)CCNC(=O)C(C)(C)CC(=O)Cc1ccc(CO)cc1.CN(C)CCNC(=O)C(C)(C)CC(=O)Cc1ccc(COC2CCCCO2)cc1.O=C(O)Cc1ccc(COC2CCCCO2)cc1. The molecule has 2 aliphatic rings. The first-order valence-electron chi connectivity index (χ1n) is 24.7. The van der Waals surface area contributed by atoms with Gasteiger partial charge in [-0.2, -0.15) is 0 Å². The van der Waals surface area contributed by atoms with E-state index in [9.17, 15) is 24.0 Å². The molecule has 388 valence electrons. The zero-order valence-electron chi connectivity index (χ0n) is 43.2. The molecule has 3 aromatic rings. The summed E-state index contributed by atoms with van der Waals surface area (Å²) in [7, 11) is 7.82. The summed E-state index contributed by atoms with van der Waals surface area (Å²) in [5.41, 5.74) is 4.16. The summed E-state index contributed by atoms with van der Waals surface area (Å²) < 4.78 is 22.5. The van der Waals surface area contributed by atoms with Crippen LogP contribution in [-0.4, -0.2) is 130 Å². The Hall–Kier alpha value is -4.87. The third-order valence-electron chi connectivity index (χ3n) is 11.8. The zero-order valence-corrected chi connectivity index (χ0v) is 43.2. The van der Waals surface area contributed by atoms with Gasteiger partial charge in [0.2, 0.25) is 11.8 Å². The van der Waals surface area contributed by atoms with Gasteiger partial charge in [-0.3, -0.25) is 24.0 Å². The number of carbonyl (C=O) groups is 5. The summed E-state index contributed by atoms with van der Waals surface area (Å²) in [4.78, 5) is 63.9. The number of carboxylic acid groups (broad SMARTS) is 1. The number of ketones is 2. The number of benzene rings is 3. The maximum atomic E-state index is 12.5. The van der Waals surface area contributed by atoms with E-state index in [2.05, 4.69) is 10.6 Å². The number of carbonyl (C=O) groups excluding carboxylic acids is 4. The molecular weight excluding hydrogens is 893 g/mol. The molecule has 5 rings (SSSR count). The van der Waals surface area contributed by atoms with Crippen LogP contribution in [0, 0.1) is 10.8 Å². The average Bonchev–Trinajstić information content (AvgIpc) is 3.31. The van der Waals surface area contributed by atoms with Crippen LogP contribution in [0.5, 0.6) is 0 Å². The van der Waals surface area contributed by atoms with Crippen LogP contribution in [0.4, 0.5) is 0 Å². The van der Waals surface area contributed by atoms with Crippen molar-refractivity contribution in [3.63, 3.8) is 0 Å². The van der Waals surface area contributed by atoms with Crippen molar-refractivity contribution in [1.82, 2.24) is 20.4 Å². The minimum atomic E-state index is -0.811. The third kappa shape index (κ3) is 24.8. The number of carboxylic acids is 1. The Morgan fingerprint density at radius 2 is 0.900 bits per heavy atom. The topological polar surface area (TPSA) is 193 Å². The lowest BCUT2D eigenvalue weighted by Crippen LogP contribution is -2.41. The van der Waals surface area contributed by atoms with Crippen LogP contribution in [0.15, 0.2) is 72.8 Å². The molecule has 0 bridgehead atoms. The molecule has 0 spiro atoms. The first-order valence-corrected chi connectivity index (χ1v) is 24.7. The van der Waals surface area contributed by atoms with Crippen LogP contribution in [0.1, 0.15) is 112 Å². The summed E-state index contributed by atoms with van der Waals surface area (Å²) in [6.07, 6.45) is 7.39. The predicted octanol–water partition coefficient (Wildman–Crippen LogP) is 6.68. The highest BCUT2D eigenvalue weighted by atomic mass is 16.7. The Bertz CT molecular complexity index is 2010. The van der Waals surface area contributed by atoms with E-state index in [4.69, 9.17) is 29.2 Å². The quantitative estimate of drug-likeness (QED) is 0.0704. The molecule has 2 amide bonds. The van der Waals surface area contributed by atoms with Crippen LogP contribution in [0.2, 0.25) is 0 Å². The fourth-order valence-electron chi connectivity index (χ4n) is 7.50. The number of nitrogens with one attached hydrogen (secondary N) is 2. The first kappa shape index (κ1) is 59.4. The number of hydrogen-bond acceptors (Lipinski definition) is 12. The number of likely N-dealkylation sites (N-methyl/N-ethyl adjacent to an activating group) is 2. The zero-order chi connectivity index (χ0) is 51.5. The van der Waals surface area contributed by atoms with Gasteiger partial charge in [0.25, 0.3) is 0 Å². The minimum Gasteiger partial charge on any atom is -0.481 e. The van der Waals surface area contributed by atoms with Crippen LogP contribution in [0.3, 0.4) is 0 Å². The fraction of sp³-hybridized carbons (Fsp3) is 0.582. The molecular formula is C55H82N4O11. The van der Waals surface area contributed by atoms with E-state index in [-0.39, 0.29) is 61.8 Å². The summed E-state index contributed by atoms with van der Waals surface area (Å²) in [6.45, 7) is 12.5. The van der Waals surface area contributed by atoms with E-state index in [1.54, 1.807) is 13.8 Å². The molecule has 0 radical (unpaired) electrons. The number of aliphatic carboxylic acids is 1. The fourth-order valence-corrected chi connectivity index (χ4v) is 7.50. The van der Waals surface area contributed by atoms with Gasteiger partial charge in [-0.15, -0.1) is 0 Å². The third-order valence-corrected chi connectivity index (χ3v) is 11.8. The van der Waals surface area contributed by atoms with Crippen molar-refractivity contribution in [2.24, 2.45) is 10.8 Å². The minimum absolute atomic E-state index is 0.00558. The molecule has 2 aliphatic heterocycles. The van der Waals surface area contributed by atoms with Gasteiger partial charge in [-0.25, -0.2) is 0 Å². The number of ether oxygens (including phenoxy) is 4. The second-order valence-electron chi connectivity index (χ2n) is 20.1. The van der Waals surface area contributed by atoms with Crippen LogP contribution in [0.25, 0.3) is 0 Å². The normalized spacial score (nSPS) is 16.0. The van der Waals surface area contributed by atoms with Crippen molar-refractivity contribution in [3.05, 3.63) is 106 Å². The molecule has 2 heterocycles. The molecule has 0 aromatic heterocycles. The number of hydrogen-bond donors (Lipinski definition) is 4. The van der Waals surface area contributed by atoms with E-state index < -0.39 is 16.8 Å². The van der Waals surface area contributed by atoms with Gasteiger partial charge in [0.15, 0.2) is 12.6 Å². The maximum Gasteiger partial charge on any atom is 0.307 e. The number of nitrogens with zero attached hydrogens (tertiary/aromatic N) is 2. The van der Waals surface area contributed by atoms with E-state index >= 15 is 0 Å². The summed E-state index contributed by atoms with van der Waals surface area (Å²) >= 11 is 0. The predicted molar refractivity (Wildman–Crippen MR) is 271 cm³/mol. The average molecular weight is 975 g/mol. The lowest BCUT2D eigenvalue weighted by atomic mass is 9.84. The summed E-state index contributed by atoms with van der Waals surface area (Å²) in [5, 5.41) is 23.5. The largest absolute Gasteiger partial charge is 0.481 e. The van der Waals surface area contributed by atoms with Gasteiger partial charge in [-0.05, 0) is 100 Å². The molecule has 15 nitrogen and oxygen atoms in total. The Balaban J connectivity index is 0.000000286. The molecule has 0 aliphatic carbocycles. The van der Waals surface area contributed by atoms with Gasteiger partial charge in [-0.1, -0.05) is 100 Å². The van der Waals surface area contributed by atoms with Gasteiger partial charge in [0, 0.05) is 65.1 Å². The van der Waals surface area contributed by atoms with Crippen LogP contribution in [-0.2, 0) is 82.0 Å². The Morgan fingerprint density at radius 1 is 0.557 bits per heavy atom. The molecule has 2 atom stereocenters. The van der Waals surface area contributed by atoms with Crippen molar-refractivity contribution in [2.45, 2.75) is 131 Å². The Labute approximate surface area is 417 Å². The van der Waals surface area contributed by atoms with Crippen molar-refractivity contribution in [3.8, 4) is 0 Å². The van der Waals surface area contributed by atoms with E-state index in [0.717, 1.165) is 98.2 Å². The van der Waals surface area contributed by atoms with E-state index in [0.29, 0.717) is 39.1 Å². The lowest BCUT2D eigenvalue weighted by Gasteiger charge is -2.23. The summed E-state index contributed by atoms with van der Waals surface area (Å²) in [6, 6.07) is 22.7. The second kappa shape index (κ2) is 31.5. The molecule has 2 saturated heterocycles. The number of amides is 2. The van der Waals surface area contributed by atoms with Crippen molar-refractivity contribution < 1.29 is 53.1 Å². The van der Waals surface area contributed by atoms with E-state index in [1.165, 1.54) is 0 Å². The number of aliphatic hydroxyl groups excluding tert-OH is 1. The van der Waals surface area contributed by atoms with Crippen LogP contribution >= 0.6 is 0 Å². The highest BCUT2D eigenvalue weighted by Crippen LogP contribution is 2.24. The molecule has 2 fully saturated rings. The second-order valence-corrected chi connectivity index (χ2v) is 20.1. The number of Topliss-reactive ketones (excluding diaryl/α,β-unsaturated/α-hetero) is 2. The van der Waals surface area contributed by atoms with Gasteiger partial charge < -0.3 is 49.6 Å². The Morgan fingerprint density at radius 3 is 1.21 bits per heavy atom. The van der Waals surface area contributed by atoms with Crippen molar-refractivity contribution in [2.75, 3.05) is 67.6 Å². The molecule has 4 N–H and O–H groups in total. The lowest BCUT2D eigenvalue weighted by molar-refractivity contribution is -0.169.